The van der Waals surface area contributed by atoms with Crippen molar-refractivity contribution in [3.05, 3.63) is 35.4 Å². The summed E-state index contributed by atoms with van der Waals surface area (Å²) in [5.74, 6) is -0.706. The standard InChI is InChI=1S/C30H48N2O6/c1-27(2)13-22(14-28(3,4)31-27)37-24(33)19-9-11-20(12-10-19)26-35-17-21(18-36-26)25(34)38-23-15-29(5,6)32-30(7,8)16-23/h9-12,21-24,26,31-33H,13-18H2,1-8H3. The molecule has 0 spiro atoms. The van der Waals surface area contributed by atoms with E-state index in [1.165, 1.54) is 0 Å². The lowest BCUT2D eigenvalue weighted by molar-refractivity contribution is -0.216. The number of carbonyl (C=O) groups is 1. The highest BCUT2D eigenvalue weighted by atomic mass is 16.7. The maximum absolute atomic E-state index is 12.8. The van der Waals surface area contributed by atoms with Crippen LogP contribution in [0.25, 0.3) is 0 Å². The number of piperidine rings is 2. The Morgan fingerprint density at radius 2 is 1.26 bits per heavy atom. The van der Waals surface area contributed by atoms with Crippen LogP contribution in [0.2, 0.25) is 0 Å². The molecule has 8 heteroatoms. The molecule has 38 heavy (non-hydrogen) atoms. The van der Waals surface area contributed by atoms with Crippen molar-refractivity contribution in [2.75, 3.05) is 13.2 Å². The molecule has 1 atom stereocenters. The van der Waals surface area contributed by atoms with Gasteiger partial charge in [-0.15, -0.1) is 0 Å². The highest BCUT2D eigenvalue weighted by Crippen LogP contribution is 2.34. The van der Waals surface area contributed by atoms with E-state index in [4.69, 9.17) is 18.9 Å². The molecule has 0 bridgehead atoms. The first kappa shape index (κ1) is 29.4. The molecular weight excluding hydrogens is 484 g/mol. The van der Waals surface area contributed by atoms with E-state index >= 15 is 0 Å². The zero-order valence-corrected chi connectivity index (χ0v) is 24.4. The Kier molecular flexibility index (Phi) is 8.36. The molecule has 3 saturated heterocycles. The van der Waals surface area contributed by atoms with Gasteiger partial charge >= 0.3 is 5.97 Å². The Hall–Kier alpha value is -1.55. The van der Waals surface area contributed by atoms with Crippen LogP contribution in [0.3, 0.4) is 0 Å². The van der Waals surface area contributed by atoms with E-state index < -0.39 is 18.5 Å². The van der Waals surface area contributed by atoms with E-state index in [9.17, 15) is 9.90 Å². The average molecular weight is 533 g/mol. The normalized spacial score (nSPS) is 29.9. The number of benzene rings is 1. The van der Waals surface area contributed by atoms with Crippen LogP contribution in [-0.4, -0.2) is 58.7 Å². The number of nitrogens with one attached hydrogen (secondary N) is 2. The summed E-state index contributed by atoms with van der Waals surface area (Å²) in [4.78, 5) is 12.8. The molecule has 0 radical (unpaired) electrons. The minimum Gasteiger partial charge on any atom is -0.462 e. The Morgan fingerprint density at radius 3 is 1.74 bits per heavy atom. The molecule has 0 aliphatic carbocycles. The van der Waals surface area contributed by atoms with Gasteiger partial charge in [0.1, 0.15) is 12.0 Å². The molecule has 3 aliphatic heterocycles. The van der Waals surface area contributed by atoms with Gasteiger partial charge < -0.3 is 34.7 Å². The summed E-state index contributed by atoms with van der Waals surface area (Å²) in [5, 5.41) is 18.0. The zero-order chi connectivity index (χ0) is 27.9. The SMILES string of the molecule is CC1(C)CC(OC(=O)C2COC(c3ccc(C(O)OC4CC(C)(C)NC(C)(C)C4)cc3)OC2)CC(C)(C)N1. The number of carbonyl (C=O) groups excluding carboxylic acids is 1. The fourth-order valence-electron chi connectivity index (χ4n) is 6.81. The van der Waals surface area contributed by atoms with Crippen LogP contribution in [0.1, 0.15) is 105 Å². The topological polar surface area (TPSA) is 98.3 Å². The first-order chi connectivity index (χ1) is 17.5. The lowest BCUT2D eigenvalue weighted by Crippen LogP contribution is -2.60. The van der Waals surface area contributed by atoms with E-state index in [0.717, 1.165) is 31.2 Å². The maximum atomic E-state index is 12.8. The van der Waals surface area contributed by atoms with Crippen molar-refractivity contribution in [2.45, 2.75) is 128 Å². The van der Waals surface area contributed by atoms with Crippen molar-refractivity contribution in [1.29, 1.82) is 0 Å². The first-order valence-corrected chi connectivity index (χ1v) is 14.0. The van der Waals surface area contributed by atoms with Crippen molar-refractivity contribution in [1.82, 2.24) is 10.6 Å². The van der Waals surface area contributed by atoms with E-state index in [-0.39, 0.29) is 53.5 Å². The van der Waals surface area contributed by atoms with Crippen LogP contribution in [0.4, 0.5) is 0 Å². The van der Waals surface area contributed by atoms with Crippen LogP contribution in [-0.2, 0) is 23.7 Å². The highest BCUT2D eigenvalue weighted by Gasteiger charge is 2.41. The number of rotatable bonds is 6. The third-order valence-electron chi connectivity index (χ3n) is 7.63. The second-order valence-electron chi connectivity index (χ2n) is 14.1. The predicted molar refractivity (Wildman–Crippen MR) is 145 cm³/mol. The van der Waals surface area contributed by atoms with E-state index in [1.54, 1.807) is 0 Å². The largest absolute Gasteiger partial charge is 0.462 e. The van der Waals surface area contributed by atoms with Gasteiger partial charge in [-0.3, -0.25) is 4.79 Å². The van der Waals surface area contributed by atoms with Crippen LogP contribution in [0.15, 0.2) is 24.3 Å². The second kappa shape index (κ2) is 10.8. The van der Waals surface area contributed by atoms with Crippen molar-refractivity contribution in [2.24, 2.45) is 5.92 Å². The molecule has 3 aliphatic rings. The van der Waals surface area contributed by atoms with Gasteiger partial charge in [-0.25, -0.2) is 0 Å². The predicted octanol–water partition coefficient (Wildman–Crippen LogP) is 4.52. The third-order valence-corrected chi connectivity index (χ3v) is 7.63. The third kappa shape index (κ3) is 7.77. The first-order valence-electron chi connectivity index (χ1n) is 14.0. The summed E-state index contributed by atoms with van der Waals surface area (Å²) >= 11 is 0. The van der Waals surface area contributed by atoms with Crippen LogP contribution < -0.4 is 10.6 Å². The summed E-state index contributed by atoms with van der Waals surface area (Å²) in [6.07, 6.45) is 1.46. The molecular formula is C30H48N2O6. The summed E-state index contributed by atoms with van der Waals surface area (Å²) in [5.41, 5.74) is 1.21. The number of esters is 1. The van der Waals surface area contributed by atoms with Gasteiger partial charge in [-0.1, -0.05) is 24.3 Å². The molecule has 214 valence electrons. The average Bonchev–Trinajstić information content (AvgIpc) is 2.75. The van der Waals surface area contributed by atoms with Crippen molar-refractivity contribution >= 4 is 5.97 Å². The quantitative estimate of drug-likeness (QED) is 0.364. The van der Waals surface area contributed by atoms with Gasteiger partial charge in [0.2, 0.25) is 0 Å². The van der Waals surface area contributed by atoms with Gasteiger partial charge in [0.15, 0.2) is 12.6 Å². The van der Waals surface area contributed by atoms with Crippen molar-refractivity contribution in [3.63, 3.8) is 0 Å². The number of aliphatic hydroxyl groups is 1. The fourth-order valence-corrected chi connectivity index (χ4v) is 6.81. The zero-order valence-electron chi connectivity index (χ0n) is 24.4. The molecule has 3 heterocycles. The molecule has 8 nitrogen and oxygen atoms in total. The Morgan fingerprint density at radius 1 is 0.816 bits per heavy atom. The van der Waals surface area contributed by atoms with Crippen LogP contribution in [0.5, 0.6) is 0 Å². The minimum absolute atomic E-state index is 0.0420. The van der Waals surface area contributed by atoms with Gasteiger partial charge in [-0.2, -0.15) is 0 Å². The van der Waals surface area contributed by atoms with E-state index in [1.807, 2.05) is 24.3 Å². The van der Waals surface area contributed by atoms with Gasteiger partial charge in [0, 0.05) is 46.1 Å². The second-order valence-corrected chi connectivity index (χ2v) is 14.1. The molecule has 1 aromatic carbocycles. The van der Waals surface area contributed by atoms with Gasteiger partial charge in [0.05, 0.1) is 19.3 Å². The summed E-state index contributed by atoms with van der Waals surface area (Å²) in [6, 6.07) is 7.43. The van der Waals surface area contributed by atoms with Crippen LogP contribution >= 0.6 is 0 Å². The Labute approximate surface area is 228 Å². The molecule has 3 fully saturated rings. The lowest BCUT2D eigenvalue weighted by atomic mass is 9.81. The Balaban J connectivity index is 1.27. The smallest absolute Gasteiger partial charge is 0.313 e. The molecule has 0 amide bonds. The van der Waals surface area contributed by atoms with Gasteiger partial charge in [-0.05, 0) is 68.2 Å². The Bertz CT molecular complexity index is 933. The van der Waals surface area contributed by atoms with Gasteiger partial charge in [0.25, 0.3) is 0 Å². The number of aliphatic hydroxyl groups excluding tert-OH is 1. The number of hydrogen-bond donors (Lipinski definition) is 3. The molecule has 0 saturated carbocycles. The molecule has 4 rings (SSSR count). The van der Waals surface area contributed by atoms with Crippen molar-refractivity contribution < 1.29 is 28.8 Å². The lowest BCUT2D eigenvalue weighted by Gasteiger charge is -2.46. The van der Waals surface area contributed by atoms with Crippen LogP contribution in [0, 0.1) is 5.92 Å². The summed E-state index contributed by atoms with van der Waals surface area (Å²) < 4.78 is 23.7. The fraction of sp³-hybridized carbons (Fsp3) is 0.767. The minimum atomic E-state index is -1.00. The van der Waals surface area contributed by atoms with E-state index in [2.05, 4.69) is 66.0 Å². The summed E-state index contributed by atoms with van der Waals surface area (Å²) in [6.45, 7) is 17.7. The number of hydrogen-bond acceptors (Lipinski definition) is 8. The van der Waals surface area contributed by atoms with E-state index in [0.29, 0.717) is 5.56 Å². The summed E-state index contributed by atoms with van der Waals surface area (Å²) in [7, 11) is 0. The van der Waals surface area contributed by atoms with Crippen molar-refractivity contribution in [3.8, 4) is 0 Å². The highest BCUT2D eigenvalue weighted by molar-refractivity contribution is 5.73. The monoisotopic (exact) mass is 532 g/mol. The number of ether oxygens (including phenoxy) is 4. The molecule has 1 aromatic rings. The molecule has 3 N–H and O–H groups in total. The maximum Gasteiger partial charge on any atom is 0.313 e. The molecule has 0 aromatic heterocycles. The molecule has 1 unspecified atom stereocenters.